The zero-order chi connectivity index (χ0) is 11.4. The van der Waals surface area contributed by atoms with Crippen molar-refractivity contribution in [1.29, 1.82) is 0 Å². The van der Waals surface area contributed by atoms with Crippen molar-refractivity contribution >= 4 is 5.97 Å². The number of likely N-dealkylation sites (N-methyl/N-ethyl adjacent to an activating group) is 1. The molecule has 2 N–H and O–H groups in total. The molecule has 0 bridgehead atoms. The van der Waals surface area contributed by atoms with Crippen molar-refractivity contribution < 1.29 is 19.7 Å². The number of aliphatic hydroxyl groups is 1. The Bertz CT molecular complexity index is 219. The minimum absolute atomic E-state index is 0.109. The number of carbonyl (C=O) groups is 1. The number of hydrogen-bond acceptors (Lipinski definition) is 4. The molecule has 0 aromatic rings. The highest BCUT2D eigenvalue weighted by Gasteiger charge is 2.37. The van der Waals surface area contributed by atoms with Crippen LogP contribution in [0.2, 0.25) is 0 Å². The van der Waals surface area contributed by atoms with E-state index < -0.39 is 18.0 Å². The predicted molar refractivity (Wildman–Crippen MR) is 54.7 cm³/mol. The van der Waals surface area contributed by atoms with Gasteiger partial charge in [-0.1, -0.05) is 6.92 Å². The standard InChI is InChI=1S/C10H19NO4/c1-3-11(4-7(2)12)9-6-15-5-8(9)10(13)14/h7-9,12H,3-6H2,1-2H3,(H,13,14). The maximum absolute atomic E-state index is 10.9. The van der Waals surface area contributed by atoms with Gasteiger partial charge in [0.25, 0.3) is 0 Å². The molecular weight excluding hydrogens is 198 g/mol. The van der Waals surface area contributed by atoms with Gasteiger partial charge in [-0.2, -0.15) is 0 Å². The molecule has 1 heterocycles. The van der Waals surface area contributed by atoms with Crippen LogP contribution in [0.15, 0.2) is 0 Å². The van der Waals surface area contributed by atoms with Crippen LogP contribution in [-0.4, -0.2) is 59.5 Å². The number of nitrogens with zero attached hydrogens (tertiary/aromatic N) is 1. The van der Waals surface area contributed by atoms with E-state index in [-0.39, 0.29) is 12.6 Å². The number of aliphatic hydroxyl groups excluding tert-OH is 1. The second-order valence-corrected chi connectivity index (χ2v) is 3.99. The van der Waals surface area contributed by atoms with E-state index >= 15 is 0 Å². The van der Waals surface area contributed by atoms with Gasteiger partial charge in [-0.05, 0) is 13.5 Å². The molecule has 0 aliphatic carbocycles. The third kappa shape index (κ3) is 3.15. The summed E-state index contributed by atoms with van der Waals surface area (Å²) in [5.74, 6) is -1.29. The Kier molecular flexibility index (Phi) is 4.50. The quantitative estimate of drug-likeness (QED) is 0.666. The summed E-state index contributed by atoms with van der Waals surface area (Å²) < 4.78 is 5.19. The van der Waals surface area contributed by atoms with E-state index in [0.29, 0.717) is 13.2 Å². The lowest BCUT2D eigenvalue weighted by Gasteiger charge is -2.29. The van der Waals surface area contributed by atoms with Gasteiger partial charge in [0, 0.05) is 12.6 Å². The van der Waals surface area contributed by atoms with E-state index in [0.717, 1.165) is 6.54 Å². The van der Waals surface area contributed by atoms with E-state index in [1.54, 1.807) is 6.92 Å². The van der Waals surface area contributed by atoms with Gasteiger partial charge in [0.15, 0.2) is 0 Å². The first-order chi connectivity index (χ1) is 7.06. The van der Waals surface area contributed by atoms with Crippen molar-refractivity contribution in [3.05, 3.63) is 0 Å². The monoisotopic (exact) mass is 217 g/mol. The molecule has 0 spiro atoms. The van der Waals surface area contributed by atoms with E-state index in [1.807, 2.05) is 11.8 Å². The first-order valence-electron chi connectivity index (χ1n) is 5.29. The molecule has 5 nitrogen and oxygen atoms in total. The number of hydrogen-bond donors (Lipinski definition) is 2. The lowest BCUT2D eigenvalue weighted by atomic mass is 10.0. The Morgan fingerprint density at radius 3 is 2.73 bits per heavy atom. The normalized spacial score (nSPS) is 28.3. The van der Waals surface area contributed by atoms with Crippen molar-refractivity contribution in [3.63, 3.8) is 0 Å². The van der Waals surface area contributed by atoms with Crippen molar-refractivity contribution in [2.45, 2.75) is 26.0 Å². The number of carboxylic acids is 1. The van der Waals surface area contributed by atoms with Crippen LogP contribution in [0.1, 0.15) is 13.8 Å². The van der Waals surface area contributed by atoms with Gasteiger partial charge >= 0.3 is 5.97 Å². The number of aliphatic carboxylic acids is 1. The summed E-state index contributed by atoms with van der Waals surface area (Å²) in [5.41, 5.74) is 0. The summed E-state index contributed by atoms with van der Waals surface area (Å²) in [7, 11) is 0. The van der Waals surface area contributed by atoms with E-state index in [2.05, 4.69) is 0 Å². The number of rotatable bonds is 5. The molecular formula is C10H19NO4. The Balaban J connectivity index is 2.62. The fraction of sp³-hybridized carbons (Fsp3) is 0.900. The maximum Gasteiger partial charge on any atom is 0.310 e. The maximum atomic E-state index is 10.9. The summed E-state index contributed by atoms with van der Waals surface area (Å²) in [6, 6.07) is -0.109. The molecule has 1 rings (SSSR count). The fourth-order valence-corrected chi connectivity index (χ4v) is 1.98. The molecule has 15 heavy (non-hydrogen) atoms. The van der Waals surface area contributed by atoms with Crippen LogP contribution in [0.3, 0.4) is 0 Å². The second kappa shape index (κ2) is 5.44. The van der Waals surface area contributed by atoms with Gasteiger partial charge in [-0.25, -0.2) is 0 Å². The first kappa shape index (κ1) is 12.4. The highest BCUT2D eigenvalue weighted by atomic mass is 16.5. The molecule has 3 atom stereocenters. The van der Waals surface area contributed by atoms with E-state index in [4.69, 9.17) is 9.84 Å². The third-order valence-corrected chi connectivity index (χ3v) is 2.74. The number of ether oxygens (including phenoxy) is 1. The Morgan fingerprint density at radius 1 is 1.60 bits per heavy atom. The van der Waals surface area contributed by atoms with Crippen molar-refractivity contribution in [3.8, 4) is 0 Å². The second-order valence-electron chi connectivity index (χ2n) is 3.99. The van der Waals surface area contributed by atoms with Gasteiger partial charge < -0.3 is 14.9 Å². The van der Waals surface area contributed by atoms with Gasteiger partial charge in [0.1, 0.15) is 0 Å². The highest BCUT2D eigenvalue weighted by Crippen LogP contribution is 2.20. The largest absolute Gasteiger partial charge is 0.481 e. The predicted octanol–water partition coefficient (Wildman–Crippen LogP) is -0.211. The zero-order valence-corrected chi connectivity index (χ0v) is 9.22. The minimum Gasteiger partial charge on any atom is -0.481 e. The van der Waals surface area contributed by atoms with Crippen LogP contribution in [0.5, 0.6) is 0 Å². The van der Waals surface area contributed by atoms with Gasteiger partial charge in [0.2, 0.25) is 0 Å². The van der Waals surface area contributed by atoms with E-state index in [1.165, 1.54) is 0 Å². The van der Waals surface area contributed by atoms with Gasteiger partial charge in [0.05, 0.1) is 25.2 Å². The molecule has 0 amide bonds. The summed E-state index contributed by atoms with van der Waals surface area (Å²) in [4.78, 5) is 12.9. The summed E-state index contributed by atoms with van der Waals surface area (Å²) in [6.07, 6.45) is -0.444. The highest BCUT2D eigenvalue weighted by molar-refractivity contribution is 5.71. The molecule has 1 aliphatic heterocycles. The summed E-state index contributed by atoms with van der Waals surface area (Å²) >= 11 is 0. The van der Waals surface area contributed by atoms with Crippen LogP contribution in [0, 0.1) is 5.92 Å². The molecule has 88 valence electrons. The Hall–Kier alpha value is -0.650. The van der Waals surface area contributed by atoms with E-state index in [9.17, 15) is 9.90 Å². The zero-order valence-electron chi connectivity index (χ0n) is 9.22. The van der Waals surface area contributed by atoms with Crippen LogP contribution < -0.4 is 0 Å². The van der Waals surface area contributed by atoms with Crippen LogP contribution >= 0.6 is 0 Å². The molecule has 1 fully saturated rings. The summed E-state index contributed by atoms with van der Waals surface area (Å²) in [6.45, 7) is 5.60. The molecule has 0 radical (unpaired) electrons. The smallest absolute Gasteiger partial charge is 0.310 e. The molecule has 0 aromatic carbocycles. The van der Waals surface area contributed by atoms with Crippen molar-refractivity contribution in [2.24, 2.45) is 5.92 Å². The lowest BCUT2D eigenvalue weighted by molar-refractivity contribution is -0.143. The average molecular weight is 217 g/mol. The first-order valence-corrected chi connectivity index (χ1v) is 5.29. The van der Waals surface area contributed by atoms with Gasteiger partial charge in [-0.15, -0.1) is 0 Å². The fourth-order valence-electron chi connectivity index (χ4n) is 1.98. The molecule has 0 aromatic heterocycles. The Morgan fingerprint density at radius 2 is 2.27 bits per heavy atom. The minimum atomic E-state index is -0.818. The number of carboxylic acid groups (broad SMARTS) is 1. The third-order valence-electron chi connectivity index (χ3n) is 2.74. The van der Waals surface area contributed by atoms with Crippen molar-refractivity contribution in [1.82, 2.24) is 4.90 Å². The Labute approximate surface area is 89.6 Å². The van der Waals surface area contributed by atoms with Crippen LogP contribution in [0.25, 0.3) is 0 Å². The van der Waals surface area contributed by atoms with Crippen molar-refractivity contribution in [2.75, 3.05) is 26.3 Å². The molecule has 1 aliphatic rings. The SMILES string of the molecule is CCN(CC(C)O)C1COCC1C(=O)O. The molecule has 1 saturated heterocycles. The van der Waals surface area contributed by atoms with Crippen LogP contribution in [0.4, 0.5) is 0 Å². The molecule has 0 saturated carbocycles. The lowest BCUT2D eigenvalue weighted by Crippen LogP contribution is -2.45. The van der Waals surface area contributed by atoms with Crippen LogP contribution in [-0.2, 0) is 9.53 Å². The summed E-state index contributed by atoms with van der Waals surface area (Å²) in [5, 5.41) is 18.3. The average Bonchev–Trinajstić information content (AvgIpc) is 2.62. The molecule has 5 heteroatoms. The van der Waals surface area contributed by atoms with Gasteiger partial charge in [-0.3, -0.25) is 9.69 Å². The topological polar surface area (TPSA) is 70.0 Å². The molecule has 3 unspecified atom stereocenters.